The SMILES string of the molecule is Cc1cc(Cl)ccc1NC(=NCc1c(C)nn(C)c1C)NC(=O)c1ccccc1C. The van der Waals surface area contributed by atoms with Crippen molar-refractivity contribution in [2.24, 2.45) is 12.0 Å². The monoisotopic (exact) mass is 423 g/mol. The van der Waals surface area contributed by atoms with E-state index in [1.165, 1.54) is 0 Å². The zero-order valence-corrected chi connectivity index (χ0v) is 18.6. The van der Waals surface area contributed by atoms with Crippen LogP contribution in [0, 0.1) is 27.7 Å². The first-order chi connectivity index (χ1) is 14.3. The molecule has 1 aromatic heterocycles. The third-order valence-corrected chi connectivity index (χ3v) is 5.35. The molecule has 1 amide bonds. The molecule has 0 unspecified atom stereocenters. The van der Waals surface area contributed by atoms with Gasteiger partial charge in [0.25, 0.3) is 5.91 Å². The first kappa shape index (κ1) is 21.6. The van der Waals surface area contributed by atoms with Crippen molar-refractivity contribution in [1.29, 1.82) is 0 Å². The number of nitrogens with one attached hydrogen (secondary N) is 2. The van der Waals surface area contributed by atoms with E-state index in [1.807, 2.05) is 69.8 Å². The zero-order valence-electron chi connectivity index (χ0n) is 17.9. The number of aromatic nitrogens is 2. The number of carbonyl (C=O) groups excluding carboxylic acids is 1. The van der Waals surface area contributed by atoms with Crippen LogP contribution in [0.5, 0.6) is 0 Å². The summed E-state index contributed by atoms with van der Waals surface area (Å²) < 4.78 is 1.84. The lowest BCUT2D eigenvalue weighted by molar-refractivity contribution is 0.0976. The van der Waals surface area contributed by atoms with Crippen molar-refractivity contribution >= 4 is 29.2 Å². The Labute approximate surface area is 182 Å². The Balaban J connectivity index is 1.91. The first-order valence-corrected chi connectivity index (χ1v) is 10.1. The Bertz CT molecular complexity index is 1120. The van der Waals surface area contributed by atoms with Crippen LogP contribution in [-0.4, -0.2) is 21.6 Å². The van der Waals surface area contributed by atoms with Crippen LogP contribution in [-0.2, 0) is 13.6 Å². The van der Waals surface area contributed by atoms with Crippen LogP contribution in [0.1, 0.15) is 38.4 Å². The van der Waals surface area contributed by atoms with Gasteiger partial charge in [-0.2, -0.15) is 5.10 Å². The second-order valence-corrected chi connectivity index (χ2v) is 7.73. The van der Waals surface area contributed by atoms with E-state index in [1.54, 1.807) is 12.1 Å². The minimum Gasteiger partial charge on any atom is -0.326 e. The van der Waals surface area contributed by atoms with Gasteiger partial charge in [0.2, 0.25) is 5.96 Å². The maximum atomic E-state index is 12.9. The van der Waals surface area contributed by atoms with Crippen molar-refractivity contribution in [3.63, 3.8) is 0 Å². The van der Waals surface area contributed by atoms with Gasteiger partial charge in [0.1, 0.15) is 0 Å². The fourth-order valence-corrected chi connectivity index (χ4v) is 3.44. The molecule has 0 saturated heterocycles. The van der Waals surface area contributed by atoms with Crippen LogP contribution in [0.2, 0.25) is 5.02 Å². The lowest BCUT2D eigenvalue weighted by Gasteiger charge is -2.15. The lowest BCUT2D eigenvalue weighted by Crippen LogP contribution is -2.36. The summed E-state index contributed by atoms with van der Waals surface area (Å²) >= 11 is 6.08. The molecule has 0 fully saturated rings. The summed E-state index contributed by atoms with van der Waals surface area (Å²) in [5, 5.41) is 11.3. The number of nitrogens with zero attached hydrogens (tertiary/aromatic N) is 3. The predicted molar refractivity (Wildman–Crippen MR) is 122 cm³/mol. The van der Waals surface area contributed by atoms with Crippen LogP contribution in [0.15, 0.2) is 47.5 Å². The highest BCUT2D eigenvalue weighted by molar-refractivity contribution is 6.30. The van der Waals surface area contributed by atoms with Crippen LogP contribution in [0.4, 0.5) is 5.69 Å². The number of rotatable bonds is 4. The molecule has 2 aromatic carbocycles. The van der Waals surface area contributed by atoms with E-state index < -0.39 is 0 Å². The van der Waals surface area contributed by atoms with E-state index in [0.29, 0.717) is 23.1 Å². The highest BCUT2D eigenvalue weighted by Gasteiger charge is 2.14. The Morgan fingerprint density at radius 2 is 1.83 bits per heavy atom. The highest BCUT2D eigenvalue weighted by Crippen LogP contribution is 2.20. The van der Waals surface area contributed by atoms with E-state index in [4.69, 9.17) is 11.6 Å². The molecule has 0 radical (unpaired) electrons. The second kappa shape index (κ2) is 9.13. The van der Waals surface area contributed by atoms with Gasteiger partial charge in [0.05, 0.1) is 12.2 Å². The number of anilines is 1. The molecule has 0 bridgehead atoms. The fraction of sp³-hybridized carbons (Fsp3) is 0.261. The molecule has 2 N–H and O–H groups in total. The fourth-order valence-electron chi connectivity index (χ4n) is 3.21. The van der Waals surface area contributed by atoms with Crippen molar-refractivity contribution in [3.8, 4) is 0 Å². The Hall–Kier alpha value is -3.12. The van der Waals surface area contributed by atoms with E-state index >= 15 is 0 Å². The summed E-state index contributed by atoms with van der Waals surface area (Å²) in [5.41, 5.74) is 6.28. The molecule has 30 heavy (non-hydrogen) atoms. The number of aryl methyl sites for hydroxylation is 4. The Morgan fingerprint density at radius 3 is 2.47 bits per heavy atom. The highest BCUT2D eigenvalue weighted by atomic mass is 35.5. The van der Waals surface area contributed by atoms with Gasteiger partial charge in [-0.1, -0.05) is 29.8 Å². The molecule has 6 nitrogen and oxygen atoms in total. The number of aliphatic imine (C=N–C) groups is 1. The van der Waals surface area contributed by atoms with Crippen molar-refractivity contribution in [3.05, 3.63) is 81.1 Å². The number of amides is 1. The molecule has 3 rings (SSSR count). The standard InChI is InChI=1S/C23H26ClN5O/c1-14-8-6-7-9-19(14)22(30)27-23(26-21-11-10-18(24)12-15(21)2)25-13-20-16(3)28-29(5)17(20)4/h6-12H,13H2,1-5H3,(H2,25,26,27,30). The molecule has 0 atom stereocenters. The maximum absolute atomic E-state index is 12.9. The molecule has 0 spiro atoms. The number of hydrogen-bond acceptors (Lipinski definition) is 3. The Morgan fingerprint density at radius 1 is 1.10 bits per heavy atom. The summed E-state index contributed by atoms with van der Waals surface area (Å²) in [6.07, 6.45) is 0. The summed E-state index contributed by atoms with van der Waals surface area (Å²) in [4.78, 5) is 17.6. The largest absolute Gasteiger partial charge is 0.326 e. The number of benzene rings is 2. The molecule has 0 saturated carbocycles. The molecular weight excluding hydrogens is 398 g/mol. The van der Waals surface area contributed by atoms with Crippen LogP contribution in [0.3, 0.4) is 0 Å². The average molecular weight is 424 g/mol. The number of guanidine groups is 1. The van der Waals surface area contributed by atoms with Gasteiger partial charge in [-0.3, -0.25) is 14.8 Å². The first-order valence-electron chi connectivity index (χ1n) is 9.70. The lowest BCUT2D eigenvalue weighted by atomic mass is 10.1. The van der Waals surface area contributed by atoms with E-state index in [9.17, 15) is 4.79 Å². The molecule has 0 aliphatic heterocycles. The van der Waals surface area contributed by atoms with Crippen LogP contribution >= 0.6 is 11.6 Å². The molecule has 7 heteroatoms. The van der Waals surface area contributed by atoms with Gasteiger partial charge in [0, 0.05) is 34.6 Å². The van der Waals surface area contributed by atoms with Crippen LogP contribution in [0.25, 0.3) is 0 Å². The van der Waals surface area contributed by atoms with Crippen molar-refractivity contribution < 1.29 is 4.79 Å². The predicted octanol–water partition coefficient (Wildman–Crippen LogP) is 4.71. The normalized spacial score (nSPS) is 11.5. The smallest absolute Gasteiger partial charge is 0.258 e. The third kappa shape index (κ3) is 4.89. The number of halogens is 1. The average Bonchev–Trinajstić information content (AvgIpc) is 2.93. The molecule has 1 heterocycles. The topological polar surface area (TPSA) is 71.3 Å². The van der Waals surface area contributed by atoms with Gasteiger partial charge in [-0.15, -0.1) is 0 Å². The van der Waals surface area contributed by atoms with Gasteiger partial charge < -0.3 is 5.32 Å². The van der Waals surface area contributed by atoms with Gasteiger partial charge >= 0.3 is 0 Å². The zero-order chi connectivity index (χ0) is 21.8. The summed E-state index contributed by atoms with van der Waals surface area (Å²) in [7, 11) is 1.91. The minimum atomic E-state index is -0.217. The van der Waals surface area contributed by atoms with Crippen molar-refractivity contribution in [1.82, 2.24) is 15.1 Å². The summed E-state index contributed by atoms with van der Waals surface area (Å²) in [6, 6.07) is 13.0. The summed E-state index contributed by atoms with van der Waals surface area (Å²) in [6.45, 7) is 8.22. The van der Waals surface area contributed by atoms with E-state index in [2.05, 4.69) is 20.7 Å². The molecule has 0 aliphatic rings. The quantitative estimate of drug-likeness (QED) is 0.471. The number of hydrogen-bond donors (Lipinski definition) is 2. The van der Waals surface area contributed by atoms with Gasteiger partial charge in [-0.25, -0.2) is 4.99 Å². The van der Waals surface area contributed by atoms with Gasteiger partial charge in [-0.05, 0) is 63.1 Å². The minimum absolute atomic E-state index is 0.217. The molecule has 3 aromatic rings. The third-order valence-electron chi connectivity index (χ3n) is 5.12. The molecule has 0 aliphatic carbocycles. The van der Waals surface area contributed by atoms with E-state index in [-0.39, 0.29) is 5.91 Å². The Kier molecular flexibility index (Phi) is 6.57. The van der Waals surface area contributed by atoms with Crippen LogP contribution < -0.4 is 10.6 Å². The molecular formula is C23H26ClN5O. The maximum Gasteiger partial charge on any atom is 0.258 e. The second-order valence-electron chi connectivity index (χ2n) is 7.29. The van der Waals surface area contributed by atoms with Crippen molar-refractivity contribution in [2.45, 2.75) is 34.2 Å². The molecule has 156 valence electrons. The van der Waals surface area contributed by atoms with Crippen molar-refractivity contribution in [2.75, 3.05) is 5.32 Å². The summed E-state index contributed by atoms with van der Waals surface area (Å²) in [5.74, 6) is 0.155. The van der Waals surface area contributed by atoms with E-state index in [0.717, 1.165) is 33.8 Å². The van der Waals surface area contributed by atoms with Gasteiger partial charge in [0.15, 0.2) is 0 Å². The number of carbonyl (C=O) groups is 1.